The highest BCUT2D eigenvalue weighted by Gasteiger charge is 2.20. The van der Waals surface area contributed by atoms with Gasteiger partial charge in [-0.05, 0) is 43.8 Å². The van der Waals surface area contributed by atoms with E-state index in [1.807, 2.05) is 0 Å². The lowest BCUT2D eigenvalue weighted by Crippen LogP contribution is -2.33. The Kier molecular flexibility index (Phi) is 5.28. The second-order valence-electron chi connectivity index (χ2n) is 5.78. The number of thiazole rings is 1. The van der Waals surface area contributed by atoms with Crippen LogP contribution in [0.1, 0.15) is 29.1 Å². The van der Waals surface area contributed by atoms with Gasteiger partial charge in [0.25, 0.3) is 0 Å². The normalized spacial score (nSPS) is 17.2. The average Bonchev–Trinajstić information content (AvgIpc) is 2.98. The largest absolute Gasteiger partial charge is 0.297 e. The van der Waals surface area contributed by atoms with Crippen LogP contribution >= 0.6 is 22.9 Å². The van der Waals surface area contributed by atoms with Crippen molar-refractivity contribution in [3.05, 3.63) is 52.0 Å². The molecule has 0 unspecified atom stereocenters. The van der Waals surface area contributed by atoms with Gasteiger partial charge in [0.05, 0.1) is 18.1 Å². The lowest BCUT2D eigenvalue weighted by molar-refractivity contribution is 0.177. The van der Waals surface area contributed by atoms with Gasteiger partial charge in [-0.25, -0.2) is 4.98 Å². The SMILES string of the molecule is ClCc1csc(CN2CCC(Cc3ccccc3)CC2)n1. The van der Waals surface area contributed by atoms with Crippen LogP contribution in [-0.4, -0.2) is 23.0 Å². The molecule has 0 spiro atoms. The Morgan fingerprint density at radius 1 is 1.19 bits per heavy atom. The van der Waals surface area contributed by atoms with Crippen molar-refractivity contribution in [1.82, 2.24) is 9.88 Å². The molecule has 2 aromatic rings. The molecule has 2 heterocycles. The smallest absolute Gasteiger partial charge is 0.107 e. The number of hydrogen-bond donors (Lipinski definition) is 0. The van der Waals surface area contributed by atoms with Crippen LogP contribution in [0.4, 0.5) is 0 Å². The van der Waals surface area contributed by atoms with Crippen LogP contribution in [0.15, 0.2) is 35.7 Å². The maximum absolute atomic E-state index is 5.81. The number of piperidine rings is 1. The molecule has 1 saturated heterocycles. The Morgan fingerprint density at radius 2 is 1.95 bits per heavy atom. The summed E-state index contributed by atoms with van der Waals surface area (Å²) in [7, 11) is 0. The predicted octanol–water partition coefficient (Wildman–Crippen LogP) is 4.34. The number of likely N-dealkylation sites (tertiary alicyclic amines) is 1. The molecule has 1 aromatic carbocycles. The first-order chi connectivity index (χ1) is 10.3. The summed E-state index contributed by atoms with van der Waals surface area (Å²) in [5.41, 5.74) is 2.48. The van der Waals surface area contributed by atoms with Crippen LogP contribution in [0, 0.1) is 5.92 Å². The van der Waals surface area contributed by atoms with Crippen molar-refractivity contribution in [1.29, 1.82) is 0 Å². The van der Waals surface area contributed by atoms with Crippen molar-refractivity contribution < 1.29 is 0 Å². The Balaban J connectivity index is 1.46. The Hall–Kier alpha value is -0.900. The zero-order chi connectivity index (χ0) is 14.5. The zero-order valence-corrected chi connectivity index (χ0v) is 13.7. The minimum Gasteiger partial charge on any atom is -0.297 e. The number of benzene rings is 1. The lowest BCUT2D eigenvalue weighted by Gasteiger charge is -2.31. The highest BCUT2D eigenvalue weighted by atomic mass is 35.5. The third kappa shape index (κ3) is 4.29. The molecule has 1 aliphatic rings. The molecule has 1 fully saturated rings. The zero-order valence-electron chi connectivity index (χ0n) is 12.2. The van der Waals surface area contributed by atoms with Crippen LogP contribution in [0.25, 0.3) is 0 Å². The molecule has 4 heteroatoms. The van der Waals surface area contributed by atoms with E-state index in [1.165, 1.54) is 42.9 Å². The number of rotatable bonds is 5. The summed E-state index contributed by atoms with van der Waals surface area (Å²) in [6.07, 6.45) is 3.81. The molecule has 0 amide bonds. The maximum Gasteiger partial charge on any atom is 0.107 e. The summed E-state index contributed by atoms with van der Waals surface area (Å²) in [5, 5.41) is 3.27. The second kappa shape index (κ2) is 7.39. The van der Waals surface area contributed by atoms with E-state index in [9.17, 15) is 0 Å². The minimum atomic E-state index is 0.523. The molecule has 0 saturated carbocycles. The van der Waals surface area contributed by atoms with Gasteiger partial charge in [-0.3, -0.25) is 4.90 Å². The Bertz CT molecular complexity index is 547. The topological polar surface area (TPSA) is 16.1 Å². The first-order valence-electron chi connectivity index (χ1n) is 7.59. The minimum absolute atomic E-state index is 0.523. The molecule has 112 valence electrons. The van der Waals surface area contributed by atoms with Gasteiger partial charge >= 0.3 is 0 Å². The van der Waals surface area contributed by atoms with E-state index in [0.717, 1.165) is 18.2 Å². The van der Waals surface area contributed by atoms with Gasteiger partial charge in [-0.1, -0.05) is 30.3 Å². The molecule has 0 radical (unpaired) electrons. The Morgan fingerprint density at radius 3 is 2.62 bits per heavy atom. The van der Waals surface area contributed by atoms with Crippen LogP contribution in [0.3, 0.4) is 0 Å². The molecule has 1 aromatic heterocycles. The number of hydrogen-bond acceptors (Lipinski definition) is 3. The molecule has 3 rings (SSSR count). The fourth-order valence-corrected chi connectivity index (χ4v) is 4.03. The van der Waals surface area contributed by atoms with E-state index in [2.05, 4.69) is 45.6 Å². The molecule has 2 nitrogen and oxygen atoms in total. The van der Waals surface area contributed by atoms with Crippen molar-refractivity contribution in [2.24, 2.45) is 5.92 Å². The van der Waals surface area contributed by atoms with Crippen molar-refractivity contribution in [3.8, 4) is 0 Å². The highest BCUT2D eigenvalue weighted by molar-refractivity contribution is 7.09. The van der Waals surface area contributed by atoms with Gasteiger partial charge in [0.15, 0.2) is 0 Å². The fraction of sp³-hybridized carbons (Fsp3) is 0.471. The summed E-state index contributed by atoms with van der Waals surface area (Å²) in [6.45, 7) is 3.36. The van der Waals surface area contributed by atoms with E-state index in [4.69, 9.17) is 11.6 Å². The molecule has 21 heavy (non-hydrogen) atoms. The summed E-state index contributed by atoms with van der Waals surface area (Å²) >= 11 is 7.54. The summed E-state index contributed by atoms with van der Waals surface area (Å²) in [4.78, 5) is 7.08. The first kappa shape index (κ1) is 15.0. The van der Waals surface area contributed by atoms with E-state index in [0.29, 0.717) is 5.88 Å². The van der Waals surface area contributed by atoms with E-state index < -0.39 is 0 Å². The van der Waals surface area contributed by atoms with E-state index in [1.54, 1.807) is 11.3 Å². The molecule has 1 aliphatic heterocycles. The quantitative estimate of drug-likeness (QED) is 0.762. The molecule has 0 N–H and O–H groups in total. The van der Waals surface area contributed by atoms with E-state index in [-0.39, 0.29) is 0 Å². The Labute approximate surface area is 135 Å². The summed E-state index contributed by atoms with van der Waals surface area (Å²) < 4.78 is 0. The third-order valence-corrected chi connectivity index (χ3v) is 5.33. The first-order valence-corrected chi connectivity index (χ1v) is 9.00. The van der Waals surface area contributed by atoms with Gasteiger partial charge in [-0.15, -0.1) is 22.9 Å². The maximum atomic E-state index is 5.81. The van der Waals surface area contributed by atoms with Crippen LogP contribution < -0.4 is 0 Å². The monoisotopic (exact) mass is 320 g/mol. The van der Waals surface area contributed by atoms with Crippen molar-refractivity contribution in [2.45, 2.75) is 31.7 Å². The van der Waals surface area contributed by atoms with Gasteiger partial charge in [-0.2, -0.15) is 0 Å². The second-order valence-corrected chi connectivity index (χ2v) is 6.99. The van der Waals surface area contributed by atoms with Gasteiger partial charge in [0, 0.05) is 5.38 Å². The highest BCUT2D eigenvalue weighted by Crippen LogP contribution is 2.23. The van der Waals surface area contributed by atoms with Gasteiger partial charge < -0.3 is 0 Å². The lowest BCUT2D eigenvalue weighted by atomic mass is 9.90. The number of alkyl halides is 1. The van der Waals surface area contributed by atoms with E-state index >= 15 is 0 Å². The standard InChI is InChI=1S/C17H21ClN2S/c18-11-16-13-21-17(19-16)12-20-8-6-15(7-9-20)10-14-4-2-1-3-5-14/h1-5,13,15H,6-12H2. The molecule has 0 atom stereocenters. The molecular weight excluding hydrogens is 300 g/mol. The predicted molar refractivity (Wildman–Crippen MR) is 89.8 cm³/mol. The van der Waals surface area contributed by atoms with Crippen LogP contribution in [0.5, 0.6) is 0 Å². The summed E-state index contributed by atoms with van der Waals surface area (Å²) in [5.74, 6) is 1.36. The average molecular weight is 321 g/mol. The number of halogens is 1. The van der Waals surface area contributed by atoms with Gasteiger partial charge in [0.2, 0.25) is 0 Å². The summed E-state index contributed by atoms with van der Waals surface area (Å²) in [6, 6.07) is 10.9. The van der Waals surface area contributed by atoms with Crippen LogP contribution in [0.2, 0.25) is 0 Å². The fourth-order valence-electron chi connectivity index (χ4n) is 2.97. The number of nitrogens with zero attached hydrogens (tertiary/aromatic N) is 2. The molecular formula is C17H21ClN2S. The third-order valence-electron chi connectivity index (χ3n) is 4.17. The van der Waals surface area contributed by atoms with Crippen molar-refractivity contribution in [3.63, 3.8) is 0 Å². The van der Waals surface area contributed by atoms with Crippen molar-refractivity contribution >= 4 is 22.9 Å². The van der Waals surface area contributed by atoms with Crippen molar-refractivity contribution in [2.75, 3.05) is 13.1 Å². The molecule has 0 bridgehead atoms. The molecule has 0 aliphatic carbocycles. The number of aromatic nitrogens is 1. The van der Waals surface area contributed by atoms with Crippen LogP contribution in [-0.2, 0) is 18.8 Å². The van der Waals surface area contributed by atoms with Gasteiger partial charge in [0.1, 0.15) is 5.01 Å².